The average molecular weight is 323 g/mol. The molecule has 0 amide bonds. The van der Waals surface area contributed by atoms with Crippen molar-refractivity contribution in [2.75, 3.05) is 13.7 Å². The van der Waals surface area contributed by atoms with E-state index in [0.29, 0.717) is 23.7 Å². The van der Waals surface area contributed by atoms with Crippen LogP contribution in [0.2, 0.25) is 0 Å². The molecule has 0 spiro atoms. The van der Waals surface area contributed by atoms with Crippen molar-refractivity contribution in [3.8, 4) is 11.5 Å². The second kappa shape index (κ2) is 7.00. The van der Waals surface area contributed by atoms with Crippen LogP contribution < -0.4 is 9.47 Å². The van der Waals surface area contributed by atoms with Gasteiger partial charge in [-0.2, -0.15) is 0 Å². The molecule has 5 heteroatoms. The second-order valence-electron chi connectivity index (χ2n) is 5.01. The number of esters is 1. The van der Waals surface area contributed by atoms with Gasteiger partial charge in [-0.05, 0) is 31.2 Å². The molecule has 0 saturated carbocycles. The minimum Gasteiger partial charge on any atom is -0.496 e. The number of para-hydroxylation sites is 2. The first kappa shape index (κ1) is 15.8. The maximum atomic E-state index is 12.1. The summed E-state index contributed by atoms with van der Waals surface area (Å²) in [6.07, 6.45) is 1.66. The molecule has 1 aliphatic rings. The van der Waals surface area contributed by atoms with E-state index in [1.807, 2.05) is 43.3 Å². The number of hydrogen-bond donors (Lipinski definition) is 0. The van der Waals surface area contributed by atoms with Crippen molar-refractivity contribution in [2.24, 2.45) is 4.99 Å². The fraction of sp³-hybridized carbons (Fsp3) is 0.158. The van der Waals surface area contributed by atoms with Crippen molar-refractivity contribution in [1.82, 2.24) is 0 Å². The van der Waals surface area contributed by atoms with Gasteiger partial charge < -0.3 is 14.2 Å². The Kier molecular flexibility index (Phi) is 4.61. The maximum Gasteiger partial charge on any atom is 0.363 e. The van der Waals surface area contributed by atoms with Gasteiger partial charge in [0.05, 0.1) is 19.3 Å². The van der Waals surface area contributed by atoms with E-state index in [0.717, 1.165) is 5.56 Å². The minimum absolute atomic E-state index is 0.225. The van der Waals surface area contributed by atoms with E-state index < -0.39 is 5.97 Å². The van der Waals surface area contributed by atoms with E-state index in [4.69, 9.17) is 14.2 Å². The lowest BCUT2D eigenvalue weighted by molar-refractivity contribution is -0.129. The molecule has 1 heterocycles. The average Bonchev–Trinajstić information content (AvgIpc) is 2.97. The van der Waals surface area contributed by atoms with Gasteiger partial charge in [0.15, 0.2) is 5.70 Å². The van der Waals surface area contributed by atoms with E-state index in [1.165, 1.54) is 0 Å². The highest BCUT2D eigenvalue weighted by Gasteiger charge is 2.26. The van der Waals surface area contributed by atoms with Gasteiger partial charge in [0.2, 0.25) is 5.90 Å². The first-order valence-electron chi connectivity index (χ1n) is 7.60. The van der Waals surface area contributed by atoms with Crippen LogP contribution in [-0.2, 0) is 9.53 Å². The lowest BCUT2D eigenvalue weighted by Gasteiger charge is -2.06. The van der Waals surface area contributed by atoms with Crippen LogP contribution in [0.4, 0.5) is 0 Å². The lowest BCUT2D eigenvalue weighted by atomic mass is 10.1. The molecule has 0 unspecified atom stereocenters. The number of hydrogen-bond acceptors (Lipinski definition) is 5. The smallest absolute Gasteiger partial charge is 0.363 e. The predicted molar refractivity (Wildman–Crippen MR) is 91.2 cm³/mol. The molecule has 0 saturated heterocycles. The standard InChI is InChI=1S/C19H17NO4/c1-3-23-16-10-6-4-8-13(16)12-15-19(21)24-18(20-15)14-9-5-7-11-17(14)22-2/h4-12H,3H2,1-2H3/b15-12+. The van der Waals surface area contributed by atoms with E-state index in [2.05, 4.69) is 4.99 Å². The van der Waals surface area contributed by atoms with Gasteiger partial charge in [0.1, 0.15) is 11.5 Å². The normalized spacial score (nSPS) is 15.2. The Morgan fingerprint density at radius 1 is 1.08 bits per heavy atom. The fourth-order valence-electron chi connectivity index (χ4n) is 2.38. The molecule has 2 aromatic rings. The summed E-state index contributed by atoms with van der Waals surface area (Å²) >= 11 is 0. The lowest BCUT2D eigenvalue weighted by Crippen LogP contribution is -2.06. The summed E-state index contributed by atoms with van der Waals surface area (Å²) in [6, 6.07) is 14.7. The monoisotopic (exact) mass is 323 g/mol. The second-order valence-corrected chi connectivity index (χ2v) is 5.01. The number of aliphatic imine (C=N–C) groups is 1. The zero-order valence-corrected chi connectivity index (χ0v) is 13.5. The highest BCUT2D eigenvalue weighted by molar-refractivity contribution is 6.13. The highest BCUT2D eigenvalue weighted by Crippen LogP contribution is 2.27. The Balaban J connectivity index is 1.98. The van der Waals surface area contributed by atoms with Crippen molar-refractivity contribution >= 4 is 17.9 Å². The number of carbonyl (C=O) groups excluding carboxylic acids is 1. The molecule has 0 N–H and O–H groups in total. The summed E-state index contributed by atoms with van der Waals surface area (Å²) in [4.78, 5) is 16.5. The van der Waals surface area contributed by atoms with Gasteiger partial charge in [-0.3, -0.25) is 0 Å². The summed E-state index contributed by atoms with van der Waals surface area (Å²) in [7, 11) is 1.56. The number of cyclic esters (lactones) is 1. The first-order valence-corrected chi connectivity index (χ1v) is 7.60. The Morgan fingerprint density at radius 3 is 2.54 bits per heavy atom. The van der Waals surface area contributed by atoms with Crippen LogP contribution >= 0.6 is 0 Å². The van der Waals surface area contributed by atoms with Gasteiger partial charge >= 0.3 is 5.97 Å². The molecule has 2 aromatic carbocycles. The maximum absolute atomic E-state index is 12.1. The largest absolute Gasteiger partial charge is 0.496 e. The molecule has 0 atom stereocenters. The SMILES string of the molecule is CCOc1ccccc1/C=C1/N=C(c2ccccc2OC)OC1=O. The quantitative estimate of drug-likeness (QED) is 0.625. The molecule has 3 rings (SSSR count). The van der Waals surface area contributed by atoms with Crippen LogP contribution in [0, 0.1) is 0 Å². The topological polar surface area (TPSA) is 57.1 Å². The van der Waals surface area contributed by atoms with Gasteiger partial charge in [-0.25, -0.2) is 9.79 Å². The third-order valence-electron chi connectivity index (χ3n) is 3.47. The Morgan fingerprint density at radius 2 is 1.79 bits per heavy atom. The summed E-state index contributed by atoms with van der Waals surface area (Å²) in [6.45, 7) is 2.45. The molecule has 0 radical (unpaired) electrons. The van der Waals surface area contributed by atoms with Crippen molar-refractivity contribution in [3.63, 3.8) is 0 Å². The number of rotatable bonds is 5. The van der Waals surface area contributed by atoms with Crippen LogP contribution in [0.25, 0.3) is 6.08 Å². The number of nitrogens with zero attached hydrogens (tertiary/aromatic N) is 1. The minimum atomic E-state index is -0.498. The Bertz CT molecular complexity index is 824. The number of ether oxygens (including phenoxy) is 3. The van der Waals surface area contributed by atoms with Crippen LogP contribution in [-0.4, -0.2) is 25.6 Å². The summed E-state index contributed by atoms with van der Waals surface area (Å²) in [5.41, 5.74) is 1.63. The molecule has 5 nitrogen and oxygen atoms in total. The molecular formula is C19H17NO4. The van der Waals surface area contributed by atoms with Crippen molar-refractivity contribution in [2.45, 2.75) is 6.92 Å². The first-order chi connectivity index (χ1) is 11.7. The fourth-order valence-corrected chi connectivity index (χ4v) is 2.38. The molecule has 0 fully saturated rings. The Labute approximate surface area is 140 Å². The predicted octanol–water partition coefficient (Wildman–Crippen LogP) is 3.44. The van der Waals surface area contributed by atoms with Crippen LogP contribution in [0.5, 0.6) is 11.5 Å². The Hall–Kier alpha value is -3.08. The third kappa shape index (κ3) is 3.15. The van der Waals surface area contributed by atoms with Crippen LogP contribution in [0.1, 0.15) is 18.1 Å². The van der Waals surface area contributed by atoms with Crippen molar-refractivity contribution in [3.05, 3.63) is 65.4 Å². The molecule has 0 aliphatic carbocycles. The zero-order chi connectivity index (χ0) is 16.9. The van der Waals surface area contributed by atoms with E-state index in [9.17, 15) is 4.79 Å². The van der Waals surface area contributed by atoms with Crippen molar-refractivity contribution in [1.29, 1.82) is 0 Å². The number of benzene rings is 2. The van der Waals surface area contributed by atoms with E-state index in [1.54, 1.807) is 25.3 Å². The van der Waals surface area contributed by atoms with Gasteiger partial charge in [0, 0.05) is 5.56 Å². The molecule has 0 bridgehead atoms. The third-order valence-corrected chi connectivity index (χ3v) is 3.47. The summed E-state index contributed by atoms with van der Waals surface area (Å²) < 4.78 is 16.1. The van der Waals surface area contributed by atoms with Gasteiger partial charge in [0.25, 0.3) is 0 Å². The van der Waals surface area contributed by atoms with Gasteiger partial charge in [-0.1, -0.05) is 30.3 Å². The number of methoxy groups -OCH3 is 1. The van der Waals surface area contributed by atoms with Gasteiger partial charge in [-0.15, -0.1) is 0 Å². The van der Waals surface area contributed by atoms with E-state index >= 15 is 0 Å². The molecular weight excluding hydrogens is 306 g/mol. The zero-order valence-electron chi connectivity index (χ0n) is 13.5. The van der Waals surface area contributed by atoms with Crippen LogP contribution in [0.15, 0.2) is 59.2 Å². The molecule has 0 aromatic heterocycles. The van der Waals surface area contributed by atoms with Crippen LogP contribution in [0.3, 0.4) is 0 Å². The molecule has 1 aliphatic heterocycles. The summed E-state index contributed by atoms with van der Waals surface area (Å²) in [5, 5.41) is 0. The summed E-state index contributed by atoms with van der Waals surface area (Å²) in [5.74, 6) is 1.03. The molecule has 24 heavy (non-hydrogen) atoms. The van der Waals surface area contributed by atoms with E-state index in [-0.39, 0.29) is 11.6 Å². The highest BCUT2D eigenvalue weighted by atomic mass is 16.6. The van der Waals surface area contributed by atoms with Crippen molar-refractivity contribution < 1.29 is 19.0 Å². The molecule has 122 valence electrons. The number of carbonyl (C=O) groups is 1.